The molecule has 0 aliphatic rings. The summed E-state index contributed by atoms with van der Waals surface area (Å²) < 4.78 is 5.14. The van der Waals surface area contributed by atoms with Crippen LogP contribution in [0.25, 0.3) is 0 Å². The van der Waals surface area contributed by atoms with E-state index in [1.165, 1.54) is 18.3 Å². The van der Waals surface area contributed by atoms with E-state index < -0.39 is 18.0 Å². The Morgan fingerprint density at radius 3 is 2.59 bits per heavy atom. The maximum absolute atomic E-state index is 12.1. The molecule has 0 radical (unpaired) electrons. The number of amides is 1. The van der Waals surface area contributed by atoms with Crippen LogP contribution in [0.2, 0.25) is 10.0 Å². The van der Waals surface area contributed by atoms with E-state index in [0.29, 0.717) is 15.6 Å². The molecule has 1 atom stereocenters. The number of carbonyl (C=O) groups excluding carboxylic acids is 2. The molecule has 0 saturated carbocycles. The van der Waals surface area contributed by atoms with Crippen molar-refractivity contribution in [2.24, 2.45) is 0 Å². The second-order valence-corrected chi connectivity index (χ2v) is 6.62. The van der Waals surface area contributed by atoms with Crippen molar-refractivity contribution in [3.05, 3.63) is 50.1 Å². The molecule has 1 heterocycles. The number of benzene rings is 1. The van der Waals surface area contributed by atoms with Gasteiger partial charge in [-0.1, -0.05) is 29.3 Å². The first kappa shape index (κ1) is 16.8. The second kappa shape index (κ2) is 7.13. The number of anilines is 1. The van der Waals surface area contributed by atoms with Gasteiger partial charge in [0.15, 0.2) is 6.10 Å². The molecule has 2 rings (SSSR count). The molecule has 1 amide bonds. The lowest BCUT2D eigenvalue weighted by Gasteiger charge is -2.14. The zero-order valence-corrected chi connectivity index (χ0v) is 14.2. The molecular weight excluding hydrogens is 345 g/mol. The Bertz CT molecular complexity index is 715. The minimum Gasteiger partial charge on any atom is -0.448 e. The fraction of sp³-hybridized carbons (Fsp3) is 0.200. The van der Waals surface area contributed by atoms with Crippen molar-refractivity contribution in [1.29, 1.82) is 0 Å². The Morgan fingerprint density at radius 2 is 1.95 bits per heavy atom. The lowest BCUT2D eigenvalue weighted by atomic mass is 10.3. The second-order valence-electron chi connectivity index (χ2n) is 4.55. The third-order valence-electron chi connectivity index (χ3n) is 2.80. The molecule has 7 heteroatoms. The number of hydrogen-bond acceptors (Lipinski definition) is 4. The topological polar surface area (TPSA) is 55.4 Å². The monoisotopic (exact) mass is 357 g/mol. The molecular formula is C15H13Cl2NO3S. The SMILES string of the molecule is Cc1ccc(C(=O)OC(C)C(=O)Nc2cccc(Cl)c2Cl)s1. The van der Waals surface area contributed by atoms with Gasteiger partial charge < -0.3 is 10.1 Å². The summed E-state index contributed by atoms with van der Waals surface area (Å²) in [6, 6.07) is 8.37. The van der Waals surface area contributed by atoms with E-state index >= 15 is 0 Å². The van der Waals surface area contributed by atoms with Crippen molar-refractivity contribution in [3.63, 3.8) is 0 Å². The van der Waals surface area contributed by atoms with Gasteiger partial charge in [-0.25, -0.2) is 4.79 Å². The van der Waals surface area contributed by atoms with Gasteiger partial charge in [0, 0.05) is 4.88 Å². The average Bonchev–Trinajstić information content (AvgIpc) is 2.90. The highest BCUT2D eigenvalue weighted by atomic mass is 35.5. The van der Waals surface area contributed by atoms with Crippen molar-refractivity contribution in [3.8, 4) is 0 Å². The highest BCUT2D eigenvalue weighted by Crippen LogP contribution is 2.29. The molecule has 0 bridgehead atoms. The third kappa shape index (κ3) is 4.00. The van der Waals surface area contributed by atoms with E-state index in [0.717, 1.165) is 4.88 Å². The van der Waals surface area contributed by atoms with Gasteiger partial charge in [0.2, 0.25) is 0 Å². The normalized spacial score (nSPS) is 11.8. The summed E-state index contributed by atoms with van der Waals surface area (Å²) in [5, 5.41) is 3.16. The van der Waals surface area contributed by atoms with E-state index in [2.05, 4.69) is 5.32 Å². The van der Waals surface area contributed by atoms with Crippen LogP contribution in [0.5, 0.6) is 0 Å². The molecule has 2 aromatic rings. The minimum atomic E-state index is -0.954. The fourth-order valence-electron chi connectivity index (χ4n) is 1.65. The van der Waals surface area contributed by atoms with Crippen LogP contribution in [-0.2, 0) is 9.53 Å². The predicted octanol–water partition coefficient (Wildman–Crippen LogP) is 4.55. The summed E-state index contributed by atoms with van der Waals surface area (Å²) in [4.78, 5) is 25.4. The van der Waals surface area contributed by atoms with Crippen molar-refractivity contribution < 1.29 is 14.3 Å². The van der Waals surface area contributed by atoms with Crippen molar-refractivity contribution in [1.82, 2.24) is 0 Å². The van der Waals surface area contributed by atoms with Crippen LogP contribution in [0.4, 0.5) is 5.69 Å². The van der Waals surface area contributed by atoms with Crippen molar-refractivity contribution in [2.45, 2.75) is 20.0 Å². The van der Waals surface area contributed by atoms with Crippen LogP contribution in [0.15, 0.2) is 30.3 Å². The number of halogens is 2. The Balaban J connectivity index is 2.00. The Hall–Kier alpha value is -1.56. The Labute approximate surface area is 142 Å². The summed E-state index contributed by atoms with van der Waals surface area (Å²) in [5.74, 6) is -1.01. The number of aryl methyl sites for hydroxylation is 1. The van der Waals surface area contributed by atoms with Crippen LogP contribution in [0.3, 0.4) is 0 Å². The lowest BCUT2D eigenvalue weighted by molar-refractivity contribution is -0.123. The van der Waals surface area contributed by atoms with E-state index in [9.17, 15) is 9.59 Å². The minimum absolute atomic E-state index is 0.241. The third-order valence-corrected chi connectivity index (χ3v) is 4.60. The van der Waals surface area contributed by atoms with Crippen LogP contribution in [0.1, 0.15) is 21.5 Å². The van der Waals surface area contributed by atoms with Crippen LogP contribution in [-0.4, -0.2) is 18.0 Å². The molecule has 0 spiro atoms. The summed E-state index contributed by atoms with van der Waals surface area (Å²) in [6.45, 7) is 3.38. The first-order chi connectivity index (χ1) is 10.4. The summed E-state index contributed by atoms with van der Waals surface area (Å²) in [7, 11) is 0. The van der Waals surface area contributed by atoms with E-state index in [1.807, 2.05) is 13.0 Å². The Morgan fingerprint density at radius 1 is 1.23 bits per heavy atom. The number of rotatable bonds is 4. The van der Waals surface area contributed by atoms with Crippen LogP contribution >= 0.6 is 34.5 Å². The van der Waals surface area contributed by atoms with E-state index in [-0.39, 0.29) is 5.02 Å². The first-order valence-electron chi connectivity index (χ1n) is 6.41. The number of ether oxygens (including phenoxy) is 1. The predicted molar refractivity (Wildman–Crippen MR) is 89.0 cm³/mol. The molecule has 116 valence electrons. The lowest BCUT2D eigenvalue weighted by Crippen LogP contribution is -2.29. The maximum atomic E-state index is 12.1. The zero-order chi connectivity index (χ0) is 16.3. The van der Waals surface area contributed by atoms with Gasteiger partial charge in [0.1, 0.15) is 4.88 Å². The standard InChI is InChI=1S/C15H13Cl2NO3S/c1-8-6-7-12(22-8)15(20)21-9(2)14(19)18-11-5-3-4-10(16)13(11)17/h3-7,9H,1-2H3,(H,18,19). The number of carbonyl (C=O) groups is 2. The van der Waals surface area contributed by atoms with Gasteiger partial charge in [0.05, 0.1) is 15.7 Å². The molecule has 0 fully saturated rings. The maximum Gasteiger partial charge on any atom is 0.349 e. The smallest absolute Gasteiger partial charge is 0.349 e. The first-order valence-corrected chi connectivity index (χ1v) is 7.98. The molecule has 0 aliphatic carbocycles. The van der Waals surface area contributed by atoms with E-state index in [1.54, 1.807) is 24.3 Å². The van der Waals surface area contributed by atoms with E-state index in [4.69, 9.17) is 27.9 Å². The molecule has 1 unspecified atom stereocenters. The van der Waals surface area contributed by atoms with Crippen LogP contribution in [0, 0.1) is 6.92 Å². The molecule has 1 N–H and O–H groups in total. The summed E-state index contributed by atoms with van der Waals surface area (Å²) in [6.07, 6.45) is -0.954. The number of nitrogens with one attached hydrogen (secondary N) is 1. The summed E-state index contributed by atoms with van der Waals surface area (Å²) >= 11 is 13.2. The van der Waals surface area contributed by atoms with Gasteiger partial charge in [-0.15, -0.1) is 11.3 Å². The highest BCUT2D eigenvalue weighted by molar-refractivity contribution is 7.13. The molecule has 1 aromatic heterocycles. The van der Waals surface area contributed by atoms with Gasteiger partial charge in [-0.05, 0) is 38.1 Å². The van der Waals surface area contributed by atoms with Gasteiger partial charge in [-0.2, -0.15) is 0 Å². The molecule has 1 aromatic carbocycles. The fourth-order valence-corrected chi connectivity index (χ4v) is 2.75. The number of thiophene rings is 1. The Kier molecular flexibility index (Phi) is 5.45. The van der Waals surface area contributed by atoms with Gasteiger partial charge >= 0.3 is 5.97 Å². The molecule has 22 heavy (non-hydrogen) atoms. The van der Waals surface area contributed by atoms with Crippen molar-refractivity contribution in [2.75, 3.05) is 5.32 Å². The molecule has 0 aliphatic heterocycles. The molecule has 4 nitrogen and oxygen atoms in total. The number of hydrogen-bond donors (Lipinski definition) is 1. The molecule has 0 saturated heterocycles. The van der Waals surface area contributed by atoms with Gasteiger partial charge in [0.25, 0.3) is 5.91 Å². The average molecular weight is 358 g/mol. The van der Waals surface area contributed by atoms with Crippen molar-refractivity contribution >= 4 is 52.1 Å². The zero-order valence-electron chi connectivity index (χ0n) is 11.9. The van der Waals surface area contributed by atoms with Gasteiger partial charge in [-0.3, -0.25) is 4.79 Å². The number of esters is 1. The largest absolute Gasteiger partial charge is 0.448 e. The van der Waals surface area contributed by atoms with Crippen LogP contribution < -0.4 is 5.32 Å². The quantitative estimate of drug-likeness (QED) is 0.816. The summed E-state index contributed by atoms with van der Waals surface area (Å²) in [5.41, 5.74) is 0.369. The highest BCUT2D eigenvalue weighted by Gasteiger charge is 2.20.